The highest BCUT2D eigenvalue weighted by Gasteiger charge is 2.13. The molecule has 1 fully saturated rings. The molecule has 1 aliphatic rings. The molecule has 1 aromatic heterocycles. The van der Waals surface area contributed by atoms with E-state index in [0.717, 1.165) is 31.2 Å². The third-order valence-corrected chi connectivity index (χ3v) is 2.71. The van der Waals surface area contributed by atoms with Crippen molar-refractivity contribution in [3.05, 3.63) is 17.9 Å². The van der Waals surface area contributed by atoms with Crippen molar-refractivity contribution in [2.45, 2.75) is 25.7 Å². The molecule has 1 aromatic rings. The Morgan fingerprint density at radius 3 is 2.71 bits per heavy atom. The monoisotopic (exact) mass is 194 g/mol. The summed E-state index contributed by atoms with van der Waals surface area (Å²) in [5.41, 5.74) is 5.47. The fourth-order valence-corrected chi connectivity index (χ4v) is 1.93. The van der Waals surface area contributed by atoms with Crippen LogP contribution in [-0.2, 0) is 6.42 Å². The van der Waals surface area contributed by atoms with Gasteiger partial charge in [-0.15, -0.1) is 0 Å². The van der Waals surface area contributed by atoms with E-state index in [1.807, 2.05) is 6.07 Å². The summed E-state index contributed by atoms with van der Waals surface area (Å²) < 4.78 is 5.71. The second kappa shape index (κ2) is 4.51. The summed E-state index contributed by atoms with van der Waals surface area (Å²) in [6.07, 6.45) is 4.76. The molecule has 0 bridgehead atoms. The van der Waals surface area contributed by atoms with Crippen molar-refractivity contribution in [3.8, 4) is 0 Å². The summed E-state index contributed by atoms with van der Waals surface area (Å²) in [5, 5.41) is 0. The zero-order chi connectivity index (χ0) is 9.80. The van der Waals surface area contributed by atoms with Crippen molar-refractivity contribution >= 4 is 5.88 Å². The number of nitrogens with zero attached hydrogens (tertiary/aromatic N) is 1. The van der Waals surface area contributed by atoms with Crippen LogP contribution in [0.1, 0.15) is 25.0 Å². The Labute approximate surface area is 84.9 Å². The van der Waals surface area contributed by atoms with Gasteiger partial charge in [-0.05, 0) is 31.9 Å². The van der Waals surface area contributed by atoms with E-state index in [9.17, 15) is 0 Å². The van der Waals surface area contributed by atoms with E-state index >= 15 is 0 Å². The van der Waals surface area contributed by atoms with Gasteiger partial charge in [-0.3, -0.25) is 0 Å². The van der Waals surface area contributed by atoms with Gasteiger partial charge in [0.1, 0.15) is 5.76 Å². The number of furan rings is 1. The van der Waals surface area contributed by atoms with Crippen molar-refractivity contribution in [2.24, 2.45) is 5.73 Å². The smallest absolute Gasteiger partial charge is 0.195 e. The van der Waals surface area contributed by atoms with Crippen LogP contribution in [0.3, 0.4) is 0 Å². The van der Waals surface area contributed by atoms with Crippen LogP contribution in [0.15, 0.2) is 16.5 Å². The number of hydrogen-bond acceptors (Lipinski definition) is 3. The van der Waals surface area contributed by atoms with Crippen molar-refractivity contribution in [3.63, 3.8) is 0 Å². The van der Waals surface area contributed by atoms with Gasteiger partial charge in [-0.25, -0.2) is 0 Å². The minimum Gasteiger partial charge on any atom is -0.446 e. The van der Waals surface area contributed by atoms with E-state index in [4.69, 9.17) is 10.2 Å². The lowest BCUT2D eigenvalue weighted by atomic mass is 10.1. The standard InChI is InChI=1S/C11H18N2O/c12-7-6-10-4-5-11(14-10)13-8-2-1-3-9-13/h4-5H,1-3,6-9,12H2. The number of nitrogens with two attached hydrogens (primary N) is 1. The molecule has 2 heterocycles. The Morgan fingerprint density at radius 2 is 2.00 bits per heavy atom. The SMILES string of the molecule is NCCc1ccc(N2CCCCC2)o1. The zero-order valence-electron chi connectivity index (χ0n) is 8.54. The van der Waals surface area contributed by atoms with E-state index < -0.39 is 0 Å². The number of anilines is 1. The first-order valence-corrected chi connectivity index (χ1v) is 5.44. The summed E-state index contributed by atoms with van der Waals surface area (Å²) in [6.45, 7) is 2.93. The summed E-state index contributed by atoms with van der Waals surface area (Å²) in [4.78, 5) is 2.32. The van der Waals surface area contributed by atoms with E-state index in [1.54, 1.807) is 0 Å². The van der Waals surface area contributed by atoms with Crippen molar-refractivity contribution in [1.29, 1.82) is 0 Å². The predicted molar refractivity (Wildman–Crippen MR) is 57.5 cm³/mol. The third-order valence-electron chi connectivity index (χ3n) is 2.71. The second-order valence-corrected chi connectivity index (χ2v) is 3.83. The van der Waals surface area contributed by atoms with E-state index in [0.29, 0.717) is 6.54 Å². The molecule has 3 nitrogen and oxygen atoms in total. The van der Waals surface area contributed by atoms with Crippen LogP contribution in [0.5, 0.6) is 0 Å². The minimum atomic E-state index is 0.660. The molecule has 3 heteroatoms. The van der Waals surface area contributed by atoms with Crippen LogP contribution < -0.4 is 10.6 Å². The average molecular weight is 194 g/mol. The molecule has 0 aromatic carbocycles. The normalized spacial score (nSPS) is 17.4. The molecule has 0 radical (unpaired) electrons. The van der Waals surface area contributed by atoms with Gasteiger partial charge < -0.3 is 15.1 Å². The maximum absolute atomic E-state index is 5.71. The van der Waals surface area contributed by atoms with Crippen molar-refractivity contribution in [2.75, 3.05) is 24.5 Å². The lowest BCUT2D eigenvalue weighted by Gasteiger charge is -2.25. The molecule has 0 atom stereocenters. The quantitative estimate of drug-likeness (QED) is 0.797. The van der Waals surface area contributed by atoms with Gasteiger partial charge in [0.15, 0.2) is 5.88 Å². The van der Waals surface area contributed by atoms with Crippen molar-refractivity contribution in [1.82, 2.24) is 0 Å². The predicted octanol–water partition coefficient (Wildman–Crippen LogP) is 1.77. The Morgan fingerprint density at radius 1 is 1.21 bits per heavy atom. The number of hydrogen-bond donors (Lipinski definition) is 1. The van der Waals surface area contributed by atoms with Crippen LogP contribution in [0, 0.1) is 0 Å². The highest BCUT2D eigenvalue weighted by atomic mass is 16.4. The van der Waals surface area contributed by atoms with E-state index in [1.165, 1.54) is 19.3 Å². The Bertz CT molecular complexity index is 277. The lowest BCUT2D eigenvalue weighted by molar-refractivity contribution is 0.473. The summed E-state index contributed by atoms with van der Waals surface area (Å²) >= 11 is 0. The van der Waals surface area contributed by atoms with Gasteiger partial charge in [0.25, 0.3) is 0 Å². The van der Waals surface area contributed by atoms with Gasteiger partial charge in [0, 0.05) is 25.6 Å². The molecule has 0 aliphatic carbocycles. The molecule has 2 rings (SSSR count). The Balaban J connectivity index is 2.00. The zero-order valence-corrected chi connectivity index (χ0v) is 8.54. The molecule has 14 heavy (non-hydrogen) atoms. The molecule has 0 amide bonds. The summed E-state index contributed by atoms with van der Waals surface area (Å²) in [6, 6.07) is 4.10. The Kier molecular flexibility index (Phi) is 3.09. The molecule has 0 saturated carbocycles. The number of piperidine rings is 1. The minimum absolute atomic E-state index is 0.660. The topological polar surface area (TPSA) is 42.4 Å². The third kappa shape index (κ3) is 2.10. The van der Waals surface area contributed by atoms with Crippen LogP contribution in [0.25, 0.3) is 0 Å². The highest BCUT2D eigenvalue weighted by Crippen LogP contribution is 2.22. The average Bonchev–Trinajstić information content (AvgIpc) is 2.68. The first-order chi connectivity index (χ1) is 6.90. The maximum atomic E-state index is 5.71. The van der Waals surface area contributed by atoms with Crippen LogP contribution >= 0.6 is 0 Å². The fourth-order valence-electron chi connectivity index (χ4n) is 1.93. The van der Waals surface area contributed by atoms with Gasteiger partial charge >= 0.3 is 0 Å². The maximum Gasteiger partial charge on any atom is 0.195 e. The lowest BCUT2D eigenvalue weighted by Crippen LogP contribution is -2.28. The van der Waals surface area contributed by atoms with Gasteiger partial charge in [0.05, 0.1) is 0 Å². The van der Waals surface area contributed by atoms with E-state index in [2.05, 4.69) is 11.0 Å². The molecule has 1 aliphatic heterocycles. The molecule has 2 N–H and O–H groups in total. The van der Waals surface area contributed by atoms with Crippen LogP contribution in [0.2, 0.25) is 0 Å². The first-order valence-electron chi connectivity index (χ1n) is 5.44. The number of rotatable bonds is 3. The largest absolute Gasteiger partial charge is 0.446 e. The van der Waals surface area contributed by atoms with Crippen LogP contribution in [-0.4, -0.2) is 19.6 Å². The molecular weight excluding hydrogens is 176 g/mol. The first kappa shape index (κ1) is 9.59. The van der Waals surface area contributed by atoms with Gasteiger partial charge in [-0.2, -0.15) is 0 Å². The molecular formula is C11H18N2O. The Hall–Kier alpha value is -0.960. The van der Waals surface area contributed by atoms with E-state index in [-0.39, 0.29) is 0 Å². The van der Waals surface area contributed by atoms with Crippen molar-refractivity contribution < 1.29 is 4.42 Å². The van der Waals surface area contributed by atoms with Crippen LogP contribution in [0.4, 0.5) is 5.88 Å². The molecule has 78 valence electrons. The molecule has 1 saturated heterocycles. The second-order valence-electron chi connectivity index (χ2n) is 3.83. The molecule has 0 unspecified atom stereocenters. The summed E-state index contributed by atoms with van der Waals surface area (Å²) in [7, 11) is 0. The summed E-state index contributed by atoms with van der Waals surface area (Å²) in [5.74, 6) is 2.03. The molecule has 0 spiro atoms. The highest BCUT2D eigenvalue weighted by molar-refractivity contribution is 5.36. The fraction of sp³-hybridized carbons (Fsp3) is 0.636. The van der Waals surface area contributed by atoms with Gasteiger partial charge in [0.2, 0.25) is 0 Å². The van der Waals surface area contributed by atoms with Gasteiger partial charge in [-0.1, -0.05) is 0 Å².